The van der Waals surface area contributed by atoms with Gasteiger partial charge in [0.1, 0.15) is 0 Å². The number of nitrogens with zero attached hydrogens (tertiary/aromatic N) is 2. The van der Waals surface area contributed by atoms with E-state index in [1.165, 1.54) is 11.3 Å². The fourth-order valence-electron chi connectivity index (χ4n) is 1.84. The molecule has 0 atom stereocenters. The molecule has 0 bridgehead atoms. The standard InChI is InChI=1S/C14H12N2.C2H4O2.Ag/c1-2-6-13(7-3-1)10-15-11-14-8-4-5-9-16(14)12-15;1-2(3)4;/h1-9,11H,10H2;1H3,(H,3,4);. The minimum Gasteiger partial charge on any atom is -0.481 e. The topological polar surface area (TPSA) is 43.8 Å². The van der Waals surface area contributed by atoms with Crippen LogP contribution in [0.3, 0.4) is 0 Å². The van der Waals surface area contributed by atoms with Gasteiger partial charge in [0.05, 0.1) is 5.70 Å². The van der Waals surface area contributed by atoms with E-state index in [-0.39, 0.29) is 22.4 Å². The van der Waals surface area contributed by atoms with Crippen molar-refractivity contribution in [2.24, 2.45) is 0 Å². The summed E-state index contributed by atoms with van der Waals surface area (Å²) in [6.45, 7) is 5.22. The van der Waals surface area contributed by atoms with Crippen molar-refractivity contribution in [3.8, 4) is 0 Å². The molecule has 3 rings (SSSR count). The first-order valence-electron chi connectivity index (χ1n) is 6.27. The van der Waals surface area contributed by atoms with E-state index in [2.05, 4.69) is 48.1 Å². The molecule has 1 aromatic rings. The fourth-order valence-corrected chi connectivity index (χ4v) is 1.84. The van der Waals surface area contributed by atoms with Crippen molar-refractivity contribution in [3.05, 3.63) is 78.9 Å². The Morgan fingerprint density at radius 3 is 2.52 bits per heavy atom. The summed E-state index contributed by atoms with van der Waals surface area (Å²) >= 11 is 0. The maximum Gasteiger partial charge on any atom is 0.300 e. The molecule has 0 amide bonds. The van der Waals surface area contributed by atoms with E-state index in [0.717, 1.165) is 13.5 Å². The summed E-state index contributed by atoms with van der Waals surface area (Å²) in [6.07, 6.45) is 10.2. The number of rotatable bonds is 2. The molecule has 4 nitrogen and oxygen atoms in total. The van der Waals surface area contributed by atoms with E-state index in [9.17, 15) is 0 Å². The van der Waals surface area contributed by atoms with Crippen molar-refractivity contribution in [2.45, 2.75) is 13.5 Å². The van der Waals surface area contributed by atoms with E-state index in [1.54, 1.807) is 0 Å². The first-order chi connectivity index (χ1) is 9.65. The summed E-state index contributed by atoms with van der Waals surface area (Å²) in [5.41, 5.74) is 2.46. The van der Waals surface area contributed by atoms with Crippen LogP contribution in [0.4, 0.5) is 0 Å². The Balaban J connectivity index is 0.000000397. The molecule has 1 N–H and O–H groups in total. The smallest absolute Gasteiger partial charge is 0.300 e. The number of carboxylic acids is 1. The molecule has 113 valence electrons. The van der Waals surface area contributed by atoms with Gasteiger partial charge in [0, 0.05) is 48.2 Å². The predicted molar refractivity (Wildman–Crippen MR) is 76.7 cm³/mol. The summed E-state index contributed by atoms with van der Waals surface area (Å²) < 4.78 is 0. The Labute approximate surface area is 140 Å². The van der Waals surface area contributed by atoms with Gasteiger partial charge in [-0.2, -0.15) is 0 Å². The van der Waals surface area contributed by atoms with E-state index in [0.29, 0.717) is 0 Å². The third-order valence-corrected chi connectivity index (χ3v) is 2.61. The summed E-state index contributed by atoms with van der Waals surface area (Å²) in [6, 6.07) is 10.4. The SMILES string of the molecule is CC(=O)O.[Ag].[C]1N(Cc2ccccc2)C=C2C=CC=CN12. The van der Waals surface area contributed by atoms with Gasteiger partial charge >= 0.3 is 0 Å². The molecular formula is C16H16AgN2O2. The quantitative estimate of drug-likeness (QED) is 0.807. The van der Waals surface area contributed by atoms with Crippen LogP contribution in [0, 0.1) is 6.67 Å². The third-order valence-electron chi connectivity index (χ3n) is 2.61. The average molecular weight is 376 g/mol. The second kappa shape index (κ2) is 8.52. The number of hydrogen-bond acceptors (Lipinski definition) is 3. The molecule has 0 aliphatic carbocycles. The molecule has 2 heterocycles. The number of carbonyl (C=O) groups is 1. The van der Waals surface area contributed by atoms with Gasteiger partial charge in [-0.25, -0.2) is 0 Å². The van der Waals surface area contributed by atoms with Gasteiger partial charge in [-0.05, 0) is 17.7 Å². The monoisotopic (exact) mass is 375 g/mol. The van der Waals surface area contributed by atoms with Crippen LogP contribution in [0.1, 0.15) is 12.5 Å². The zero-order valence-electron chi connectivity index (χ0n) is 11.5. The first-order valence-corrected chi connectivity index (χ1v) is 6.27. The number of carboxylic acid groups (broad SMARTS) is 1. The van der Waals surface area contributed by atoms with E-state index >= 15 is 0 Å². The summed E-state index contributed by atoms with van der Waals surface area (Å²) in [5, 5.41) is 7.42. The largest absolute Gasteiger partial charge is 0.481 e. The second-order valence-corrected chi connectivity index (χ2v) is 4.36. The van der Waals surface area contributed by atoms with Crippen LogP contribution in [0.5, 0.6) is 0 Å². The van der Waals surface area contributed by atoms with E-state index in [1.807, 2.05) is 29.3 Å². The molecule has 0 unspecified atom stereocenters. The normalized spacial score (nSPS) is 14.6. The Kier molecular flexibility index (Phi) is 7.02. The van der Waals surface area contributed by atoms with Gasteiger partial charge in [-0.15, -0.1) is 0 Å². The van der Waals surface area contributed by atoms with Crippen LogP contribution in [-0.4, -0.2) is 20.9 Å². The molecule has 21 heavy (non-hydrogen) atoms. The zero-order chi connectivity index (χ0) is 14.4. The second-order valence-electron chi connectivity index (χ2n) is 4.36. The molecular weight excluding hydrogens is 360 g/mol. The molecule has 2 aliphatic rings. The van der Waals surface area contributed by atoms with Crippen molar-refractivity contribution in [1.29, 1.82) is 0 Å². The van der Waals surface area contributed by atoms with Gasteiger partial charge in [0.25, 0.3) is 5.97 Å². The van der Waals surface area contributed by atoms with Gasteiger partial charge < -0.3 is 14.9 Å². The Morgan fingerprint density at radius 1 is 1.24 bits per heavy atom. The molecule has 0 fully saturated rings. The predicted octanol–water partition coefficient (Wildman–Crippen LogP) is 2.81. The minimum atomic E-state index is -0.833. The maximum absolute atomic E-state index is 9.00. The van der Waals surface area contributed by atoms with E-state index in [4.69, 9.17) is 9.90 Å². The summed E-state index contributed by atoms with van der Waals surface area (Å²) in [7, 11) is 0. The van der Waals surface area contributed by atoms with Crippen LogP contribution in [-0.2, 0) is 33.7 Å². The molecule has 5 heteroatoms. The van der Waals surface area contributed by atoms with Crippen molar-refractivity contribution < 1.29 is 32.3 Å². The van der Waals surface area contributed by atoms with Gasteiger partial charge in [-0.1, -0.05) is 36.4 Å². The molecule has 0 saturated heterocycles. The van der Waals surface area contributed by atoms with Gasteiger partial charge in [0.2, 0.25) is 6.67 Å². The first kappa shape index (κ1) is 17.3. The maximum atomic E-state index is 9.00. The van der Waals surface area contributed by atoms with Crippen LogP contribution in [0.25, 0.3) is 0 Å². The van der Waals surface area contributed by atoms with Crippen molar-refractivity contribution in [1.82, 2.24) is 9.80 Å². The Morgan fingerprint density at radius 2 is 1.90 bits per heavy atom. The van der Waals surface area contributed by atoms with Crippen molar-refractivity contribution in [2.75, 3.05) is 0 Å². The Hall–Kier alpha value is -1.75. The van der Waals surface area contributed by atoms with E-state index < -0.39 is 5.97 Å². The Bertz CT molecular complexity index is 549. The number of fused-ring (bicyclic) bond motifs is 1. The number of benzene rings is 1. The summed E-state index contributed by atoms with van der Waals surface area (Å²) in [4.78, 5) is 13.1. The van der Waals surface area contributed by atoms with Gasteiger partial charge in [0.15, 0.2) is 0 Å². The molecule has 0 aromatic heterocycles. The van der Waals surface area contributed by atoms with Crippen molar-refractivity contribution >= 4 is 5.97 Å². The third kappa shape index (κ3) is 5.63. The zero-order valence-corrected chi connectivity index (χ0v) is 13.0. The van der Waals surface area contributed by atoms with Crippen LogP contribution in [0.15, 0.2) is 66.7 Å². The molecule has 0 saturated carbocycles. The molecule has 2 aliphatic heterocycles. The average Bonchev–Trinajstić information content (AvgIpc) is 2.81. The van der Waals surface area contributed by atoms with Crippen LogP contribution in [0.2, 0.25) is 0 Å². The number of hydrogen-bond donors (Lipinski definition) is 1. The van der Waals surface area contributed by atoms with Crippen LogP contribution >= 0.6 is 0 Å². The summed E-state index contributed by atoms with van der Waals surface area (Å²) in [5.74, 6) is -0.833. The minimum absolute atomic E-state index is 0. The number of aliphatic carboxylic acids is 1. The van der Waals surface area contributed by atoms with Crippen molar-refractivity contribution in [3.63, 3.8) is 0 Å². The molecule has 0 spiro atoms. The number of allylic oxidation sites excluding steroid dienone is 3. The van der Waals surface area contributed by atoms with Crippen LogP contribution < -0.4 is 0 Å². The van der Waals surface area contributed by atoms with Gasteiger partial charge in [-0.3, -0.25) is 4.79 Å². The molecule has 3 radical (unpaired) electrons. The fraction of sp³-hybridized carbons (Fsp3) is 0.125. The molecule has 1 aromatic carbocycles.